The van der Waals surface area contributed by atoms with Crippen LogP contribution < -0.4 is 15.6 Å². The van der Waals surface area contributed by atoms with E-state index in [0.717, 1.165) is 0 Å². The van der Waals surface area contributed by atoms with E-state index in [2.05, 4.69) is 15.5 Å². The van der Waals surface area contributed by atoms with Crippen LogP contribution in [0, 0.1) is 0 Å². The average molecular weight is 356 g/mol. The molecule has 2 N–H and O–H groups in total. The van der Waals surface area contributed by atoms with E-state index in [1.165, 1.54) is 12.1 Å². The summed E-state index contributed by atoms with van der Waals surface area (Å²) in [5.74, 6) is 0.260. The Morgan fingerprint density at radius 1 is 1.15 bits per heavy atom. The number of rotatable bonds is 5. The molecule has 2 heterocycles. The first-order valence-corrected chi connectivity index (χ1v) is 8.44. The summed E-state index contributed by atoms with van der Waals surface area (Å²) < 4.78 is 5.48. The second kappa shape index (κ2) is 8.28. The van der Waals surface area contributed by atoms with Gasteiger partial charge < -0.3 is 15.0 Å². The monoisotopic (exact) mass is 356 g/mol. The molecule has 0 bridgehead atoms. The quantitative estimate of drug-likeness (QED) is 0.815. The molecule has 1 aromatic heterocycles. The Morgan fingerprint density at radius 2 is 1.88 bits per heavy atom. The van der Waals surface area contributed by atoms with Crippen LogP contribution in [-0.4, -0.2) is 52.6 Å². The van der Waals surface area contributed by atoms with E-state index in [1.54, 1.807) is 17.0 Å². The van der Waals surface area contributed by atoms with Gasteiger partial charge in [0, 0.05) is 25.2 Å². The first-order valence-electron chi connectivity index (χ1n) is 8.44. The summed E-state index contributed by atoms with van der Waals surface area (Å²) in [6.45, 7) is 1.12. The summed E-state index contributed by atoms with van der Waals surface area (Å²) in [6, 6.07) is 11.8. The predicted octanol–water partition coefficient (Wildman–Crippen LogP) is 0.570. The Balaban J connectivity index is 1.43. The van der Waals surface area contributed by atoms with E-state index in [1.807, 2.05) is 18.2 Å². The summed E-state index contributed by atoms with van der Waals surface area (Å²) in [7, 11) is 0. The van der Waals surface area contributed by atoms with Gasteiger partial charge in [0.05, 0.1) is 0 Å². The predicted molar refractivity (Wildman–Crippen MR) is 93.9 cm³/mol. The average Bonchev–Trinajstić information content (AvgIpc) is 2.68. The number of carbonyl (C=O) groups is 2. The lowest BCUT2D eigenvalue weighted by Crippen LogP contribution is -2.47. The molecular weight excluding hydrogens is 336 g/mol. The van der Waals surface area contributed by atoms with Gasteiger partial charge in [-0.25, -0.2) is 5.10 Å². The molecule has 0 spiro atoms. The molecule has 0 radical (unpaired) electrons. The number of amides is 2. The van der Waals surface area contributed by atoms with Crippen molar-refractivity contribution in [3.05, 3.63) is 58.5 Å². The summed E-state index contributed by atoms with van der Waals surface area (Å²) in [5.41, 5.74) is -0.189. The molecule has 8 nitrogen and oxygen atoms in total. The standard InChI is InChI=1S/C18H20N4O4/c23-16-7-6-15(20-21-16)18(25)19-13-8-10-22(11-9-13)17(24)12-26-14-4-2-1-3-5-14/h1-7,13H,8-12H2,(H,19,25)(H,21,23). The fraction of sp³-hybridized carbons (Fsp3) is 0.333. The van der Waals surface area contributed by atoms with Crippen LogP contribution in [0.5, 0.6) is 5.75 Å². The van der Waals surface area contributed by atoms with Gasteiger partial charge in [0.1, 0.15) is 11.4 Å². The normalized spacial score (nSPS) is 14.7. The number of aromatic amines is 1. The highest BCUT2D eigenvalue weighted by atomic mass is 16.5. The van der Waals surface area contributed by atoms with Crippen LogP contribution in [-0.2, 0) is 4.79 Å². The molecule has 0 unspecified atom stereocenters. The number of nitrogens with one attached hydrogen (secondary N) is 2. The van der Waals surface area contributed by atoms with Gasteiger partial charge in [0.15, 0.2) is 6.61 Å². The Morgan fingerprint density at radius 3 is 2.54 bits per heavy atom. The Bertz CT molecular complexity index is 793. The Hall–Kier alpha value is -3.16. The summed E-state index contributed by atoms with van der Waals surface area (Å²) in [5, 5.41) is 8.82. The molecule has 1 fully saturated rings. The highest BCUT2D eigenvalue weighted by Crippen LogP contribution is 2.13. The summed E-state index contributed by atoms with van der Waals surface area (Å²) in [6.07, 6.45) is 1.32. The van der Waals surface area contributed by atoms with Crippen molar-refractivity contribution in [3.8, 4) is 5.75 Å². The number of hydrogen-bond donors (Lipinski definition) is 2. The fourth-order valence-electron chi connectivity index (χ4n) is 2.76. The zero-order valence-corrected chi connectivity index (χ0v) is 14.2. The van der Waals surface area contributed by atoms with Crippen LogP contribution in [0.25, 0.3) is 0 Å². The third-order valence-electron chi connectivity index (χ3n) is 4.20. The van der Waals surface area contributed by atoms with Crippen molar-refractivity contribution in [2.24, 2.45) is 0 Å². The maximum absolute atomic E-state index is 12.2. The molecule has 0 saturated carbocycles. The van der Waals surface area contributed by atoms with Crippen molar-refractivity contribution in [2.45, 2.75) is 18.9 Å². The van der Waals surface area contributed by atoms with Crippen LogP contribution in [0.3, 0.4) is 0 Å². The van der Waals surface area contributed by atoms with Gasteiger partial charge >= 0.3 is 0 Å². The maximum Gasteiger partial charge on any atom is 0.271 e. The first kappa shape index (κ1) is 17.7. The lowest BCUT2D eigenvalue weighted by atomic mass is 10.0. The number of nitrogens with zero attached hydrogens (tertiary/aromatic N) is 2. The van der Waals surface area contributed by atoms with Gasteiger partial charge in [-0.1, -0.05) is 18.2 Å². The zero-order chi connectivity index (χ0) is 18.4. The number of piperidine rings is 1. The van der Waals surface area contributed by atoms with Crippen LogP contribution >= 0.6 is 0 Å². The first-order chi connectivity index (χ1) is 12.6. The highest BCUT2D eigenvalue weighted by Gasteiger charge is 2.24. The van der Waals surface area contributed by atoms with Gasteiger partial charge in [-0.3, -0.25) is 14.4 Å². The van der Waals surface area contributed by atoms with E-state index >= 15 is 0 Å². The van der Waals surface area contributed by atoms with E-state index in [0.29, 0.717) is 31.7 Å². The van der Waals surface area contributed by atoms with E-state index in [-0.39, 0.29) is 35.7 Å². The molecule has 1 aliphatic heterocycles. The molecule has 2 amide bonds. The molecule has 1 aromatic carbocycles. The second-order valence-electron chi connectivity index (χ2n) is 6.04. The minimum absolute atomic E-state index is 0.00232. The van der Waals surface area contributed by atoms with Gasteiger partial charge in [0.2, 0.25) is 0 Å². The van der Waals surface area contributed by atoms with E-state index in [9.17, 15) is 14.4 Å². The Labute approximate surface area is 150 Å². The number of para-hydroxylation sites is 1. The number of H-pyrrole nitrogens is 1. The van der Waals surface area contributed by atoms with Crippen LogP contribution in [0.2, 0.25) is 0 Å². The summed E-state index contributed by atoms with van der Waals surface area (Å²) in [4.78, 5) is 37.0. The third kappa shape index (κ3) is 4.69. The number of benzene rings is 1. The smallest absolute Gasteiger partial charge is 0.271 e. The molecule has 1 aliphatic rings. The fourth-order valence-corrected chi connectivity index (χ4v) is 2.76. The minimum atomic E-state index is -0.355. The highest BCUT2D eigenvalue weighted by molar-refractivity contribution is 5.92. The van der Waals surface area contributed by atoms with Crippen molar-refractivity contribution in [3.63, 3.8) is 0 Å². The lowest BCUT2D eigenvalue weighted by Gasteiger charge is -2.32. The largest absolute Gasteiger partial charge is 0.484 e. The minimum Gasteiger partial charge on any atom is -0.484 e. The van der Waals surface area contributed by atoms with Crippen molar-refractivity contribution in [2.75, 3.05) is 19.7 Å². The van der Waals surface area contributed by atoms with Crippen molar-refractivity contribution < 1.29 is 14.3 Å². The number of aromatic nitrogens is 2. The van der Waals surface area contributed by atoms with Gasteiger partial charge in [0.25, 0.3) is 17.4 Å². The third-order valence-corrected chi connectivity index (χ3v) is 4.20. The van der Waals surface area contributed by atoms with Crippen LogP contribution in [0.1, 0.15) is 23.3 Å². The van der Waals surface area contributed by atoms with Gasteiger partial charge in [-0.15, -0.1) is 0 Å². The van der Waals surface area contributed by atoms with Crippen molar-refractivity contribution in [1.29, 1.82) is 0 Å². The van der Waals surface area contributed by atoms with Gasteiger partial charge in [-0.2, -0.15) is 5.10 Å². The molecule has 0 atom stereocenters. The Kier molecular flexibility index (Phi) is 5.62. The second-order valence-corrected chi connectivity index (χ2v) is 6.04. The molecule has 3 rings (SSSR count). The van der Waals surface area contributed by atoms with Gasteiger partial charge in [-0.05, 0) is 31.0 Å². The van der Waals surface area contributed by atoms with Crippen molar-refractivity contribution >= 4 is 11.8 Å². The van der Waals surface area contributed by atoms with E-state index < -0.39 is 0 Å². The molecule has 136 valence electrons. The molecule has 26 heavy (non-hydrogen) atoms. The van der Waals surface area contributed by atoms with E-state index in [4.69, 9.17) is 4.74 Å². The number of hydrogen-bond acceptors (Lipinski definition) is 5. The van der Waals surface area contributed by atoms with Crippen molar-refractivity contribution in [1.82, 2.24) is 20.4 Å². The molecule has 1 saturated heterocycles. The number of likely N-dealkylation sites (tertiary alicyclic amines) is 1. The summed E-state index contributed by atoms with van der Waals surface area (Å²) >= 11 is 0. The number of ether oxygens (including phenoxy) is 1. The lowest BCUT2D eigenvalue weighted by molar-refractivity contribution is -0.134. The SMILES string of the molecule is O=C(NC1CCN(C(=O)COc2ccccc2)CC1)c1ccc(=O)[nH]n1. The molecule has 8 heteroatoms. The van der Waals surface area contributed by atoms with Crippen LogP contribution in [0.15, 0.2) is 47.3 Å². The molecular formula is C18H20N4O4. The number of carbonyl (C=O) groups excluding carboxylic acids is 2. The maximum atomic E-state index is 12.2. The topological polar surface area (TPSA) is 104 Å². The molecule has 2 aromatic rings. The molecule has 0 aliphatic carbocycles. The zero-order valence-electron chi connectivity index (χ0n) is 14.2. The van der Waals surface area contributed by atoms with Crippen LogP contribution in [0.4, 0.5) is 0 Å².